The Balaban J connectivity index is 1.73. The maximum atomic E-state index is 12.0. The molecule has 3 heteroatoms. The van der Waals surface area contributed by atoms with Crippen LogP contribution in [-0.4, -0.2) is 16.8 Å². The van der Waals surface area contributed by atoms with E-state index in [0.717, 1.165) is 24.8 Å². The molecular formula is C16H22N2O. The number of rotatable bonds is 2. The van der Waals surface area contributed by atoms with Crippen molar-refractivity contribution in [1.82, 2.24) is 4.90 Å². The largest absolute Gasteiger partial charge is 0.326 e. The highest BCUT2D eigenvalue weighted by Crippen LogP contribution is 2.35. The van der Waals surface area contributed by atoms with Gasteiger partial charge in [-0.2, -0.15) is 0 Å². The molecule has 1 amide bonds. The lowest BCUT2D eigenvalue weighted by molar-refractivity contribution is -0.123. The number of benzene rings is 1. The van der Waals surface area contributed by atoms with Gasteiger partial charge in [0.2, 0.25) is 5.91 Å². The van der Waals surface area contributed by atoms with E-state index < -0.39 is 0 Å². The Morgan fingerprint density at radius 3 is 2.53 bits per heavy atom. The standard InChI is InChI=1S/C16H22N2O/c1-16(2,3)15(19)17-13-5-4-11-9-18(14-6-7-14)10-12(11)8-13/h4-5,8,14H,6-7,9-10H2,1-3H3,(H,17,19). The molecule has 3 nitrogen and oxygen atoms in total. The summed E-state index contributed by atoms with van der Waals surface area (Å²) in [6.07, 6.45) is 2.70. The summed E-state index contributed by atoms with van der Waals surface area (Å²) in [6.45, 7) is 7.92. The van der Waals surface area contributed by atoms with Crippen molar-refractivity contribution in [3.63, 3.8) is 0 Å². The third kappa shape index (κ3) is 2.66. The predicted molar refractivity (Wildman–Crippen MR) is 76.8 cm³/mol. The maximum Gasteiger partial charge on any atom is 0.229 e. The van der Waals surface area contributed by atoms with Crippen molar-refractivity contribution in [3.8, 4) is 0 Å². The smallest absolute Gasteiger partial charge is 0.229 e. The number of amides is 1. The molecule has 0 atom stereocenters. The fourth-order valence-electron chi connectivity index (χ4n) is 2.52. The lowest BCUT2D eigenvalue weighted by atomic mass is 9.95. The summed E-state index contributed by atoms with van der Waals surface area (Å²) < 4.78 is 0. The zero-order chi connectivity index (χ0) is 13.6. The number of carbonyl (C=O) groups excluding carboxylic acids is 1. The van der Waals surface area contributed by atoms with Gasteiger partial charge in [0.25, 0.3) is 0 Å². The Kier molecular flexibility index (Phi) is 2.90. The lowest BCUT2D eigenvalue weighted by Gasteiger charge is -2.18. The zero-order valence-electron chi connectivity index (χ0n) is 12.0. The van der Waals surface area contributed by atoms with Gasteiger partial charge in [0.1, 0.15) is 0 Å². The average molecular weight is 258 g/mol. The molecule has 1 saturated carbocycles. The first-order valence-electron chi connectivity index (χ1n) is 7.11. The third-order valence-corrected chi connectivity index (χ3v) is 3.96. The summed E-state index contributed by atoms with van der Waals surface area (Å²) in [5, 5.41) is 3.01. The fourth-order valence-corrected chi connectivity index (χ4v) is 2.52. The van der Waals surface area contributed by atoms with Crippen LogP contribution < -0.4 is 5.32 Å². The minimum Gasteiger partial charge on any atom is -0.326 e. The van der Waals surface area contributed by atoms with Gasteiger partial charge in [-0.1, -0.05) is 26.8 Å². The number of carbonyl (C=O) groups is 1. The number of nitrogens with one attached hydrogen (secondary N) is 1. The van der Waals surface area contributed by atoms with Crippen LogP contribution in [0.3, 0.4) is 0 Å². The van der Waals surface area contributed by atoms with Crippen LogP contribution in [0.1, 0.15) is 44.7 Å². The molecule has 2 aliphatic rings. The molecule has 1 aromatic rings. The summed E-state index contributed by atoms with van der Waals surface area (Å²) in [7, 11) is 0. The SMILES string of the molecule is CC(C)(C)C(=O)Nc1ccc2c(c1)CN(C1CC1)C2. The highest BCUT2D eigenvalue weighted by Gasteiger charge is 2.33. The Labute approximate surface area is 115 Å². The van der Waals surface area contributed by atoms with Gasteiger partial charge in [0, 0.05) is 30.2 Å². The molecule has 1 aliphatic carbocycles. The monoisotopic (exact) mass is 258 g/mol. The van der Waals surface area contributed by atoms with Gasteiger partial charge in [-0.25, -0.2) is 0 Å². The highest BCUT2D eigenvalue weighted by molar-refractivity contribution is 5.94. The summed E-state index contributed by atoms with van der Waals surface area (Å²) in [4.78, 5) is 14.5. The predicted octanol–water partition coefficient (Wildman–Crippen LogP) is 3.15. The molecular weight excluding hydrogens is 236 g/mol. The minimum absolute atomic E-state index is 0.0736. The van der Waals surface area contributed by atoms with E-state index in [2.05, 4.69) is 22.3 Å². The van der Waals surface area contributed by atoms with Gasteiger partial charge < -0.3 is 5.32 Å². The van der Waals surface area contributed by atoms with Crippen LogP contribution in [0.5, 0.6) is 0 Å². The zero-order valence-corrected chi connectivity index (χ0v) is 12.0. The van der Waals surface area contributed by atoms with E-state index >= 15 is 0 Å². The number of hydrogen-bond acceptors (Lipinski definition) is 2. The first-order chi connectivity index (χ1) is 8.93. The number of hydrogen-bond donors (Lipinski definition) is 1. The van der Waals surface area contributed by atoms with Crippen molar-refractivity contribution in [2.75, 3.05) is 5.32 Å². The number of fused-ring (bicyclic) bond motifs is 1. The molecule has 1 aliphatic heterocycles. The summed E-state index contributed by atoms with van der Waals surface area (Å²) in [5.41, 5.74) is 3.37. The molecule has 0 saturated heterocycles. The van der Waals surface area contributed by atoms with E-state index in [4.69, 9.17) is 0 Å². The van der Waals surface area contributed by atoms with Gasteiger partial charge in [-0.3, -0.25) is 9.69 Å². The van der Waals surface area contributed by atoms with Crippen LogP contribution in [0.2, 0.25) is 0 Å². The van der Waals surface area contributed by atoms with Crippen molar-refractivity contribution >= 4 is 11.6 Å². The molecule has 1 aromatic carbocycles. The molecule has 0 aromatic heterocycles. The van der Waals surface area contributed by atoms with Crippen molar-refractivity contribution in [2.45, 2.75) is 52.7 Å². The van der Waals surface area contributed by atoms with Gasteiger partial charge >= 0.3 is 0 Å². The van der Waals surface area contributed by atoms with Crippen LogP contribution >= 0.6 is 0 Å². The van der Waals surface area contributed by atoms with Crippen LogP contribution in [0.25, 0.3) is 0 Å². The first kappa shape index (κ1) is 12.7. The quantitative estimate of drug-likeness (QED) is 0.883. The second-order valence-electron chi connectivity index (χ2n) is 6.82. The lowest BCUT2D eigenvalue weighted by Crippen LogP contribution is -2.27. The van der Waals surface area contributed by atoms with Gasteiger partial charge in [-0.15, -0.1) is 0 Å². The van der Waals surface area contributed by atoms with Gasteiger partial charge in [-0.05, 0) is 36.1 Å². The molecule has 3 rings (SSSR count). The maximum absolute atomic E-state index is 12.0. The summed E-state index contributed by atoms with van der Waals surface area (Å²) in [5.74, 6) is 0.0736. The summed E-state index contributed by atoms with van der Waals surface area (Å²) in [6, 6.07) is 7.14. The fraction of sp³-hybridized carbons (Fsp3) is 0.562. The van der Waals surface area contributed by atoms with E-state index in [1.807, 2.05) is 26.8 Å². The van der Waals surface area contributed by atoms with Crippen molar-refractivity contribution in [3.05, 3.63) is 29.3 Å². The van der Waals surface area contributed by atoms with E-state index in [0.29, 0.717) is 0 Å². The van der Waals surface area contributed by atoms with E-state index in [9.17, 15) is 4.79 Å². The topological polar surface area (TPSA) is 32.3 Å². The molecule has 19 heavy (non-hydrogen) atoms. The average Bonchev–Trinajstić information content (AvgIpc) is 3.08. The highest BCUT2D eigenvalue weighted by atomic mass is 16.2. The first-order valence-corrected chi connectivity index (χ1v) is 7.11. The molecule has 1 heterocycles. The summed E-state index contributed by atoms with van der Waals surface area (Å²) >= 11 is 0. The number of anilines is 1. The van der Waals surface area contributed by atoms with Crippen LogP contribution in [-0.2, 0) is 17.9 Å². The Morgan fingerprint density at radius 1 is 1.21 bits per heavy atom. The van der Waals surface area contributed by atoms with E-state index in [1.165, 1.54) is 24.0 Å². The van der Waals surface area contributed by atoms with Gasteiger partial charge in [0.15, 0.2) is 0 Å². The number of nitrogens with zero attached hydrogens (tertiary/aromatic N) is 1. The van der Waals surface area contributed by atoms with Crippen LogP contribution in [0.15, 0.2) is 18.2 Å². The molecule has 1 fully saturated rings. The minimum atomic E-state index is -0.348. The molecule has 0 radical (unpaired) electrons. The van der Waals surface area contributed by atoms with Crippen molar-refractivity contribution in [2.24, 2.45) is 5.41 Å². The second kappa shape index (κ2) is 4.34. The van der Waals surface area contributed by atoms with Crippen LogP contribution in [0.4, 0.5) is 5.69 Å². The molecule has 1 N–H and O–H groups in total. The van der Waals surface area contributed by atoms with Crippen molar-refractivity contribution in [1.29, 1.82) is 0 Å². The van der Waals surface area contributed by atoms with Gasteiger partial charge in [0.05, 0.1) is 0 Å². The molecule has 0 spiro atoms. The Bertz CT molecular complexity index is 512. The molecule has 0 bridgehead atoms. The molecule has 0 unspecified atom stereocenters. The van der Waals surface area contributed by atoms with E-state index in [1.54, 1.807) is 0 Å². The Morgan fingerprint density at radius 2 is 1.89 bits per heavy atom. The third-order valence-electron chi connectivity index (χ3n) is 3.96. The molecule has 102 valence electrons. The Hall–Kier alpha value is -1.35. The second-order valence-corrected chi connectivity index (χ2v) is 6.82. The normalized spacial score (nSPS) is 19.3. The van der Waals surface area contributed by atoms with E-state index in [-0.39, 0.29) is 11.3 Å². The van der Waals surface area contributed by atoms with Crippen molar-refractivity contribution < 1.29 is 4.79 Å². The van der Waals surface area contributed by atoms with Crippen LogP contribution in [0, 0.1) is 5.41 Å².